The number of ether oxygens (including phenoxy) is 2. The Morgan fingerprint density at radius 2 is 1.95 bits per heavy atom. The Balaban J connectivity index is 1.56. The molecule has 37 heavy (non-hydrogen) atoms. The lowest BCUT2D eigenvalue weighted by Gasteiger charge is -2.26. The molecule has 3 aromatic rings. The third-order valence-corrected chi connectivity index (χ3v) is 6.18. The number of imidazole rings is 1. The van der Waals surface area contributed by atoms with Crippen LogP contribution in [0.25, 0.3) is 11.4 Å². The summed E-state index contributed by atoms with van der Waals surface area (Å²) in [5.41, 5.74) is 1.67. The Labute approximate surface area is 215 Å². The van der Waals surface area contributed by atoms with Crippen LogP contribution in [0.3, 0.4) is 0 Å². The number of carbonyl (C=O) groups is 2. The van der Waals surface area contributed by atoms with Crippen LogP contribution in [0.1, 0.15) is 55.2 Å². The van der Waals surface area contributed by atoms with Crippen molar-refractivity contribution in [3.8, 4) is 17.1 Å². The number of esters is 1. The van der Waals surface area contributed by atoms with Crippen LogP contribution in [0.4, 0.5) is 4.39 Å². The summed E-state index contributed by atoms with van der Waals surface area (Å²) in [5, 5.41) is 12.9. The van der Waals surface area contributed by atoms with Gasteiger partial charge in [0.1, 0.15) is 35.8 Å². The van der Waals surface area contributed by atoms with Gasteiger partial charge in [-0.25, -0.2) is 9.37 Å². The van der Waals surface area contributed by atoms with Gasteiger partial charge in [-0.05, 0) is 42.3 Å². The molecule has 0 unspecified atom stereocenters. The first-order valence-corrected chi connectivity index (χ1v) is 12.5. The molecule has 0 aliphatic carbocycles. The number of hydrogen-bond donors (Lipinski definition) is 2. The van der Waals surface area contributed by atoms with Gasteiger partial charge in [0.25, 0.3) is 5.91 Å². The number of hydrogen-bond acceptors (Lipinski definition) is 6. The molecule has 1 aliphatic heterocycles. The number of aliphatic hydroxyl groups is 1. The number of benzene rings is 2. The Morgan fingerprint density at radius 3 is 2.62 bits per heavy atom. The number of aromatic nitrogens is 2. The molecular formula is C28H32FN3O5. The number of cyclic esters (lactones) is 1. The maximum absolute atomic E-state index is 13.6. The van der Waals surface area contributed by atoms with E-state index in [-0.39, 0.29) is 29.8 Å². The molecule has 1 saturated heterocycles. The highest BCUT2D eigenvalue weighted by atomic mass is 19.1. The van der Waals surface area contributed by atoms with Crippen LogP contribution in [-0.4, -0.2) is 51.9 Å². The second-order valence-corrected chi connectivity index (χ2v) is 9.39. The average Bonchev–Trinajstić information content (AvgIpc) is 3.26. The zero-order valence-electron chi connectivity index (χ0n) is 21.0. The number of para-hydroxylation sites is 1. The quantitative estimate of drug-likeness (QED) is 0.315. The average molecular weight is 510 g/mol. The minimum absolute atomic E-state index is 0.00203. The van der Waals surface area contributed by atoms with Crippen molar-refractivity contribution >= 4 is 11.9 Å². The van der Waals surface area contributed by atoms with Crippen LogP contribution in [0, 0.1) is 5.82 Å². The van der Waals surface area contributed by atoms with E-state index in [0.717, 1.165) is 11.4 Å². The van der Waals surface area contributed by atoms with Gasteiger partial charge in [0.15, 0.2) is 0 Å². The van der Waals surface area contributed by atoms with Gasteiger partial charge in [0.05, 0.1) is 24.8 Å². The van der Waals surface area contributed by atoms with Gasteiger partial charge < -0.3 is 24.5 Å². The van der Waals surface area contributed by atoms with Crippen LogP contribution in [0.15, 0.2) is 54.6 Å². The second-order valence-electron chi connectivity index (χ2n) is 9.39. The highest BCUT2D eigenvalue weighted by Crippen LogP contribution is 2.29. The number of rotatable bonds is 10. The summed E-state index contributed by atoms with van der Waals surface area (Å²) in [4.78, 5) is 29.7. The molecule has 1 fully saturated rings. The number of aliphatic hydroxyl groups excluding tert-OH is 1. The molecule has 8 nitrogen and oxygen atoms in total. The van der Waals surface area contributed by atoms with E-state index in [2.05, 4.69) is 5.32 Å². The van der Waals surface area contributed by atoms with Crippen molar-refractivity contribution in [2.45, 2.75) is 57.8 Å². The monoisotopic (exact) mass is 509 g/mol. The molecule has 9 heteroatoms. The fourth-order valence-electron chi connectivity index (χ4n) is 4.51. The zero-order chi connectivity index (χ0) is 26.4. The van der Waals surface area contributed by atoms with Gasteiger partial charge in [0, 0.05) is 24.9 Å². The molecule has 2 heterocycles. The number of nitrogens with one attached hydrogen (secondary N) is 1. The first-order valence-electron chi connectivity index (χ1n) is 12.5. The maximum Gasteiger partial charge on any atom is 0.308 e. The van der Waals surface area contributed by atoms with Gasteiger partial charge in [-0.15, -0.1) is 0 Å². The minimum atomic E-state index is -0.727. The van der Waals surface area contributed by atoms with Crippen molar-refractivity contribution in [2.24, 2.45) is 0 Å². The first-order chi connectivity index (χ1) is 17.8. The van der Waals surface area contributed by atoms with Crippen molar-refractivity contribution in [2.75, 3.05) is 13.2 Å². The third-order valence-electron chi connectivity index (χ3n) is 6.18. The smallest absolute Gasteiger partial charge is 0.308 e. The van der Waals surface area contributed by atoms with Crippen molar-refractivity contribution in [1.82, 2.24) is 14.9 Å². The fraction of sp³-hybridized carbons (Fsp3) is 0.393. The molecule has 1 aromatic heterocycles. The summed E-state index contributed by atoms with van der Waals surface area (Å²) in [6.07, 6.45) is -0.364. The van der Waals surface area contributed by atoms with Gasteiger partial charge >= 0.3 is 5.97 Å². The summed E-state index contributed by atoms with van der Waals surface area (Å²) in [7, 11) is 0. The molecule has 2 N–H and O–H groups in total. The van der Waals surface area contributed by atoms with Crippen LogP contribution in [0.2, 0.25) is 0 Å². The highest BCUT2D eigenvalue weighted by Gasteiger charge is 2.29. The molecule has 196 valence electrons. The lowest BCUT2D eigenvalue weighted by atomic mass is 10.0. The molecule has 0 saturated carbocycles. The van der Waals surface area contributed by atoms with E-state index < -0.39 is 18.2 Å². The van der Waals surface area contributed by atoms with E-state index in [4.69, 9.17) is 14.5 Å². The Bertz CT molecular complexity index is 1210. The van der Waals surface area contributed by atoms with Crippen molar-refractivity contribution < 1.29 is 28.6 Å². The number of halogens is 1. The van der Waals surface area contributed by atoms with E-state index in [1.807, 2.05) is 48.7 Å². The summed E-state index contributed by atoms with van der Waals surface area (Å²) in [6.45, 7) is 4.94. The molecular weight excluding hydrogens is 477 g/mol. The van der Waals surface area contributed by atoms with Gasteiger partial charge in [0.2, 0.25) is 0 Å². The van der Waals surface area contributed by atoms with Crippen LogP contribution < -0.4 is 10.1 Å². The summed E-state index contributed by atoms with van der Waals surface area (Å²) in [5.74, 6) is 0.0676. The lowest BCUT2D eigenvalue weighted by molar-refractivity contribution is -0.160. The van der Waals surface area contributed by atoms with E-state index in [0.29, 0.717) is 43.9 Å². The third kappa shape index (κ3) is 6.74. The maximum atomic E-state index is 13.6. The predicted octanol–water partition coefficient (Wildman–Crippen LogP) is 4.08. The van der Waals surface area contributed by atoms with E-state index in [1.54, 1.807) is 12.1 Å². The van der Waals surface area contributed by atoms with Crippen LogP contribution in [0.5, 0.6) is 5.75 Å². The summed E-state index contributed by atoms with van der Waals surface area (Å²) < 4.78 is 26.6. The number of amides is 1. The van der Waals surface area contributed by atoms with Crippen molar-refractivity contribution in [3.63, 3.8) is 0 Å². The molecule has 0 bridgehead atoms. The van der Waals surface area contributed by atoms with E-state index in [1.165, 1.54) is 12.1 Å². The molecule has 1 amide bonds. The second kappa shape index (κ2) is 12.0. The first kappa shape index (κ1) is 26.3. The Morgan fingerprint density at radius 1 is 1.22 bits per heavy atom. The van der Waals surface area contributed by atoms with E-state index >= 15 is 0 Å². The highest BCUT2D eigenvalue weighted by molar-refractivity contribution is 5.94. The molecule has 4 rings (SSSR count). The predicted molar refractivity (Wildman–Crippen MR) is 136 cm³/mol. The molecule has 0 radical (unpaired) electrons. The normalized spacial score (nSPS) is 17.5. The van der Waals surface area contributed by atoms with Crippen molar-refractivity contribution in [1.29, 1.82) is 0 Å². The Hall–Kier alpha value is -3.72. The van der Waals surface area contributed by atoms with Gasteiger partial charge in [-0.3, -0.25) is 9.59 Å². The van der Waals surface area contributed by atoms with Gasteiger partial charge in [-0.1, -0.05) is 32.0 Å². The van der Waals surface area contributed by atoms with Gasteiger partial charge in [-0.2, -0.15) is 0 Å². The number of nitrogens with zero attached hydrogens (tertiary/aromatic N) is 2. The zero-order valence-corrected chi connectivity index (χ0v) is 21.0. The molecule has 2 aromatic carbocycles. The fourth-order valence-corrected chi connectivity index (χ4v) is 4.51. The molecule has 0 spiro atoms. The largest absolute Gasteiger partial charge is 0.492 e. The standard InChI is InChI=1S/C28H32FN3O5/c1-18(2)26-25(28(35)30-13-15-36-22-6-4-3-5-7-22)31-27(19-8-10-20(29)11-9-19)32(26)14-12-23-16-21(33)17-24(34)37-23/h3-11,18,21,23,33H,12-17H2,1-2H3,(H,30,35)/t21-,23-/m1/s1. The van der Waals surface area contributed by atoms with Crippen molar-refractivity contribution in [3.05, 3.63) is 71.8 Å². The summed E-state index contributed by atoms with van der Waals surface area (Å²) in [6, 6.07) is 15.3. The lowest BCUT2D eigenvalue weighted by Crippen LogP contribution is -2.33. The topological polar surface area (TPSA) is 103 Å². The molecule has 1 aliphatic rings. The molecule has 2 atom stereocenters. The summed E-state index contributed by atoms with van der Waals surface area (Å²) >= 11 is 0. The SMILES string of the molecule is CC(C)c1c(C(=O)NCCOc2ccccc2)nc(-c2ccc(F)cc2)n1CC[C@@H]1C[C@@H](O)CC(=O)O1. The van der Waals surface area contributed by atoms with Crippen LogP contribution >= 0.6 is 0 Å². The van der Waals surface area contributed by atoms with Crippen LogP contribution in [-0.2, 0) is 16.1 Å². The van der Waals surface area contributed by atoms with E-state index in [9.17, 15) is 19.1 Å². The Kier molecular flexibility index (Phi) is 8.55. The minimum Gasteiger partial charge on any atom is -0.492 e. The number of carbonyl (C=O) groups excluding carboxylic acids is 2.